The Bertz CT molecular complexity index is 1020. The van der Waals surface area contributed by atoms with Crippen molar-refractivity contribution in [3.8, 4) is 11.5 Å². The van der Waals surface area contributed by atoms with Crippen LogP contribution >= 0.6 is 0 Å². The van der Waals surface area contributed by atoms with E-state index in [2.05, 4.69) is 0 Å². The van der Waals surface area contributed by atoms with E-state index in [4.69, 9.17) is 9.47 Å². The molecule has 2 aromatic carbocycles. The number of carbonyl (C=O) groups excluding carboxylic acids is 1. The first-order valence-corrected chi connectivity index (χ1v) is 12.3. The average molecular weight is 444 g/mol. The molecule has 2 saturated heterocycles. The van der Waals surface area contributed by atoms with Crippen LogP contribution in [0, 0.1) is 0 Å². The monoisotopic (exact) mass is 443 g/mol. The van der Waals surface area contributed by atoms with Crippen LogP contribution < -0.4 is 9.47 Å². The second-order valence-corrected chi connectivity index (χ2v) is 10.5. The van der Waals surface area contributed by atoms with Crippen LogP contribution in [0.5, 0.6) is 11.5 Å². The highest BCUT2D eigenvalue weighted by atomic mass is 32.2. The number of fused-ring (bicyclic) bond motifs is 2. The van der Waals surface area contributed by atoms with E-state index in [-0.39, 0.29) is 18.0 Å². The first-order chi connectivity index (χ1) is 14.9. The van der Waals surface area contributed by atoms with Gasteiger partial charge in [0.2, 0.25) is 5.91 Å². The van der Waals surface area contributed by atoms with Crippen molar-refractivity contribution in [1.29, 1.82) is 0 Å². The van der Waals surface area contributed by atoms with Crippen molar-refractivity contribution in [2.45, 2.75) is 60.8 Å². The molecule has 0 radical (unpaired) electrons. The third-order valence-corrected chi connectivity index (χ3v) is 8.78. The van der Waals surface area contributed by atoms with Crippen LogP contribution in [0.1, 0.15) is 37.7 Å². The molecule has 6 nitrogen and oxygen atoms in total. The van der Waals surface area contributed by atoms with Gasteiger partial charge in [0, 0.05) is 24.6 Å². The summed E-state index contributed by atoms with van der Waals surface area (Å²) in [5.41, 5.74) is 0.963. The summed E-state index contributed by atoms with van der Waals surface area (Å²) in [6.45, 7) is 0. The minimum atomic E-state index is -3.37. The van der Waals surface area contributed by atoms with Gasteiger partial charge in [-0.2, -0.15) is 0 Å². The molecule has 2 atom stereocenters. The minimum absolute atomic E-state index is 0.00694. The fraction of sp³-hybridized carbons (Fsp3) is 0.458. The van der Waals surface area contributed by atoms with Crippen LogP contribution in [-0.2, 0) is 21.1 Å². The number of hydrogen-bond acceptors (Lipinski definition) is 5. The lowest BCUT2D eigenvalue weighted by Gasteiger charge is -2.38. The maximum atomic E-state index is 13.1. The van der Waals surface area contributed by atoms with Crippen molar-refractivity contribution in [2.75, 3.05) is 14.2 Å². The number of piperidine rings is 1. The number of benzene rings is 2. The molecule has 31 heavy (non-hydrogen) atoms. The van der Waals surface area contributed by atoms with Crippen LogP contribution in [-0.4, -0.2) is 50.8 Å². The van der Waals surface area contributed by atoms with Crippen molar-refractivity contribution in [1.82, 2.24) is 4.90 Å². The van der Waals surface area contributed by atoms with Crippen molar-refractivity contribution in [3.05, 3.63) is 54.1 Å². The molecular weight excluding hydrogens is 414 g/mol. The zero-order valence-corrected chi connectivity index (χ0v) is 18.8. The molecule has 4 rings (SSSR count). The van der Waals surface area contributed by atoms with Crippen LogP contribution in [0.3, 0.4) is 0 Å². The number of hydrogen-bond donors (Lipinski definition) is 0. The number of amides is 1. The molecule has 2 fully saturated rings. The Morgan fingerprint density at radius 2 is 1.68 bits per heavy atom. The SMILES string of the molecule is COc1ccc(CCC(=O)N2C3CCC2CC(S(=O)(=O)c2ccccc2)C3)c(OC)c1. The molecular formula is C24H29NO5S. The van der Waals surface area contributed by atoms with Crippen molar-refractivity contribution < 1.29 is 22.7 Å². The average Bonchev–Trinajstić information content (AvgIpc) is 3.06. The number of aryl methyl sites for hydroxylation is 1. The van der Waals surface area contributed by atoms with Gasteiger partial charge in [-0.1, -0.05) is 24.3 Å². The van der Waals surface area contributed by atoms with Gasteiger partial charge in [0.25, 0.3) is 0 Å². The predicted molar refractivity (Wildman–Crippen MR) is 118 cm³/mol. The summed E-state index contributed by atoms with van der Waals surface area (Å²) in [7, 11) is -0.158. The Balaban J connectivity index is 1.43. The summed E-state index contributed by atoms with van der Waals surface area (Å²) in [6, 6.07) is 14.3. The zero-order chi connectivity index (χ0) is 22.0. The van der Waals surface area contributed by atoms with E-state index in [1.165, 1.54) is 0 Å². The van der Waals surface area contributed by atoms with Gasteiger partial charge >= 0.3 is 0 Å². The second kappa shape index (κ2) is 8.91. The Hall–Kier alpha value is -2.54. The molecule has 0 N–H and O–H groups in total. The maximum Gasteiger partial charge on any atom is 0.223 e. The van der Waals surface area contributed by atoms with E-state index in [0.29, 0.717) is 42.1 Å². The number of nitrogens with zero attached hydrogens (tertiary/aromatic N) is 1. The normalized spacial score (nSPS) is 22.9. The molecule has 2 aliphatic rings. The molecule has 7 heteroatoms. The van der Waals surface area contributed by atoms with Crippen LogP contribution in [0.25, 0.3) is 0 Å². The summed E-state index contributed by atoms with van der Waals surface area (Å²) in [5.74, 6) is 1.52. The van der Waals surface area contributed by atoms with E-state index in [1.54, 1.807) is 38.5 Å². The van der Waals surface area contributed by atoms with E-state index in [0.717, 1.165) is 18.4 Å². The first-order valence-electron chi connectivity index (χ1n) is 10.7. The van der Waals surface area contributed by atoms with Crippen LogP contribution in [0.15, 0.2) is 53.4 Å². The molecule has 0 aromatic heterocycles. The fourth-order valence-corrected chi connectivity index (χ4v) is 6.89. The minimum Gasteiger partial charge on any atom is -0.497 e. The van der Waals surface area contributed by atoms with E-state index >= 15 is 0 Å². The van der Waals surface area contributed by atoms with Gasteiger partial charge in [-0.05, 0) is 55.9 Å². The molecule has 2 unspecified atom stereocenters. The van der Waals surface area contributed by atoms with Gasteiger partial charge in [-0.25, -0.2) is 8.42 Å². The number of methoxy groups -OCH3 is 2. The number of sulfone groups is 1. The summed E-state index contributed by atoms with van der Waals surface area (Å²) >= 11 is 0. The summed E-state index contributed by atoms with van der Waals surface area (Å²) in [4.78, 5) is 15.4. The smallest absolute Gasteiger partial charge is 0.223 e. The summed E-state index contributed by atoms with van der Waals surface area (Å²) < 4.78 is 36.9. The third-order valence-electron chi connectivity index (χ3n) is 6.59. The fourth-order valence-electron chi connectivity index (χ4n) is 5.02. The molecule has 2 bridgehead atoms. The molecule has 2 aliphatic heterocycles. The number of carbonyl (C=O) groups is 1. The first kappa shape index (κ1) is 21.7. The Morgan fingerprint density at radius 1 is 1.00 bits per heavy atom. The molecule has 2 heterocycles. The predicted octanol–water partition coefficient (Wildman–Crippen LogP) is 3.63. The highest BCUT2D eigenvalue weighted by Crippen LogP contribution is 2.40. The quantitative estimate of drug-likeness (QED) is 0.653. The molecule has 1 amide bonds. The van der Waals surface area contributed by atoms with E-state index in [9.17, 15) is 13.2 Å². The van der Waals surface area contributed by atoms with Crippen molar-refractivity contribution in [3.63, 3.8) is 0 Å². The number of ether oxygens (including phenoxy) is 2. The lowest BCUT2D eigenvalue weighted by Crippen LogP contribution is -2.49. The molecule has 0 spiro atoms. The van der Waals surface area contributed by atoms with Crippen molar-refractivity contribution in [2.24, 2.45) is 0 Å². The highest BCUT2D eigenvalue weighted by molar-refractivity contribution is 7.92. The Morgan fingerprint density at radius 3 is 2.29 bits per heavy atom. The lowest BCUT2D eigenvalue weighted by molar-refractivity contribution is -0.135. The summed E-state index contributed by atoms with van der Waals surface area (Å²) in [6.07, 6.45) is 3.75. The Kier molecular flexibility index (Phi) is 6.23. The van der Waals surface area contributed by atoms with Gasteiger partial charge in [0.15, 0.2) is 9.84 Å². The topological polar surface area (TPSA) is 72.9 Å². The van der Waals surface area contributed by atoms with Crippen LogP contribution in [0.2, 0.25) is 0 Å². The number of rotatable bonds is 7. The molecule has 0 saturated carbocycles. The standard InChI is InChI=1S/C24H29NO5S/c1-29-20-12-8-17(23(16-20)30-2)9-13-24(26)25-18-10-11-19(25)15-22(14-18)31(27,28)21-6-4-3-5-7-21/h3-8,12,16,18-19,22H,9-11,13-15H2,1-2H3. The second-order valence-electron chi connectivity index (χ2n) is 8.32. The van der Waals surface area contributed by atoms with Crippen LogP contribution in [0.4, 0.5) is 0 Å². The zero-order valence-electron chi connectivity index (χ0n) is 18.0. The largest absolute Gasteiger partial charge is 0.497 e. The van der Waals surface area contributed by atoms with Gasteiger partial charge < -0.3 is 14.4 Å². The van der Waals surface area contributed by atoms with Gasteiger partial charge in [0.05, 0.1) is 24.4 Å². The van der Waals surface area contributed by atoms with Gasteiger partial charge in [0.1, 0.15) is 11.5 Å². The third kappa shape index (κ3) is 4.28. The Labute approximate surface area is 184 Å². The molecule has 2 aromatic rings. The molecule has 166 valence electrons. The maximum absolute atomic E-state index is 13.1. The van der Waals surface area contributed by atoms with Gasteiger partial charge in [-0.15, -0.1) is 0 Å². The van der Waals surface area contributed by atoms with Crippen molar-refractivity contribution >= 4 is 15.7 Å². The molecule has 0 aliphatic carbocycles. The van der Waals surface area contributed by atoms with E-state index < -0.39 is 15.1 Å². The summed E-state index contributed by atoms with van der Waals surface area (Å²) in [5, 5.41) is -0.418. The lowest BCUT2D eigenvalue weighted by atomic mass is 10.0. The highest BCUT2D eigenvalue weighted by Gasteiger charge is 2.46. The van der Waals surface area contributed by atoms with Gasteiger partial charge in [-0.3, -0.25) is 4.79 Å². The van der Waals surface area contributed by atoms with E-state index in [1.807, 2.05) is 29.2 Å².